The van der Waals surface area contributed by atoms with Gasteiger partial charge in [-0.2, -0.15) is 8.78 Å². The van der Waals surface area contributed by atoms with Gasteiger partial charge in [0.1, 0.15) is 0 Å². The highest BCUT2D eigenvalue weighted by molar-refractivity contribution is 5.79. The second-order valence-electron chi connectivity index (χ2n) is 3.88. The summed E-state index contributed by atoms with van der Waals surface area (Å²) in [6.07, 6.45) is 0.614. The van der Waals surface area contributed by atoms with E-state index in [1.54, 1.807) is 0 Å². The number of aliphatic hydroxyl groups excluding tert-OH is 1. The quantitative estimate of drug-likeness (QED) is 0.720. The molecule has 0 aromatic heterocycles. The number of halogens is 2. The lowest BCUT2D eigenvalue weighted by atomic mass is 9.87. The van der Waals surface area contributed by atoms with Gasteiger partial charge in [-0.05, 0) is 12.8 Å². The van der Waals surface area contributed by atoms with Crippen molar-refractivity contribution in [2.45, 2.75) is 32.1 Å². The van der Waals surface area contributed by atoms with Gasteiger partial charge in [0, 0.05) is 12.0 Å². The number of amides is 1. The van der Waals surface area contributed by atoms with Crippen LogP contribution in [0.5, 0.6) is 0 Å². The Morgan fingerprint density at radius 1 is 1.43 bits per heavy atom. The summed E-state index contributed by atoms with van der Waals surface area (Å²) in [5.74, 6) is -1.25. The Labute approximate surface area is 81.5 Å². The summed E-state index contributed by atoms with van der Waals surface area (Å²) in [5, 5.41) is 11.3. The smallest absolute Gasteiger partial charge is 0.315 e. The molecule has 1 aliphatic carbocycles. The normalized spacial score (nSPS) is 20.0. The molecule has 2 N–H and O–H groups in total. The number of rotatable bonds is 4. The highest BCUT2D eigenvalue weighted by Crippen LogP contribution is 2.36. The van der Waals surface area contributed by atoms with Gasteiger partial charge in [-0.3, -0.25) is 4.79 Å². The summed E-state index contributed by atoms with van der Waals surface area (Å²) < 4.78 is 23.7. The first-order valence-corrected chi connectivity index (χ1v) is 4.76. The van der Waals surface area contributed by atoms with Crippen LogP contribution >= 0.6 is 0 Å². The van der Waals surface area contributed by atoms with Crippen molar-refractivity contribution in [1.29, 1.82) is 0 Å². The molecule has 1 fully saturated rings. The predicted molar refractivity (Wildman–Crippen MR) is 47.0 cm³/mol. The van der Waals surface area contributed by atoms with Crippen molar-refractivity contribution in [3.63, 3.8) is 0 Å². The average Bonchev–Trinajstić information content (AvgIpc) is 2.63. The van der Waals surface area contributed by atoms with Crippen LogP contribution in [0.4, 0.5) is 8.78 Å². The Balaban J connectivity index is 2.38. The largest absolute Gasteiger partial charge is 0.396 e. The van der Waals surface area contributed by atoms with Gasteiger partial charge >= 0.3 is 6.43 Å². The third kappa shape index (κ3) is 2.64. The maximum Gasteiger partial charge on any atom is 0.315 e. The Bertz CT molecular complexity index is 203. The first-order chi connectivity index (χ1) is 6.59. The average molecular weight is 207 g/mol. The molecule has 0 atom stereocenters. The summed E-state index contributed by atoms with van der Waals surface area (Å²) in [6.45, 7) is 0.114. The fraction of sp³-hybridized carbons (Fsp3) is 0.889. The molecule has 5 heteroatoms. The molecule has 0 heterocycles. The number of nitrogens with one attached hydrogen (secondary N) is 1. The molecule has 0 radical (unpaired) electrons. The molecule has 1 amide bonds. The Kier molecular flexibility index (Phi) is 3.80. The minimum absolute atomic E-state index is 0.0451. The number of hydrogen-bond donors (Lipinski definition) is 2. The fourth-order valence-electron chi connectivity index (χ4n) is 1.87. The third-order valence-electron chi connectivity index (χ3n) is 2.84. The van der Waals surface area contributed by atoms with E-state index in [4.69, 9.17) is 5.11 Å². The highest BCUT2D eigenvalue weighted by atomic mass is 19.3. The third-order valence-corrected chi connectivity index (χ3v) is 2.84. The second-order valence-corrected chi connectivity index (χ2v) is 3.88. The zero-order valence-electron chi connectivity index (χ0n) is 7.93. The van der Waals surface area contributed by atoms with Crippen LogP contribution in [0.25, 0.3) is 0 Å². The Hall–Kier alpha value is -0.710. The second kappa shape index (κ2) is 4.68. The monoisotopic (exact) mass is 207 g/mol. The van der Waals surface area contributed by atoms with Crippen LogP contribution in [0.3, 0.4) is 0 Å². The van der Waals surface area contributed by atoms with Gasteiger partial charge in [-0.1, -0.05) is 12.8 Å². The van der Waals surface area contributed by atoms with Crippen molar-refractivity contribution in [3.05, 3.63) is 0 Å². The van der Waals surface area contributed by atoms with Crippen LogP contribution in [0, 0.1) is 5.41 Å². The van der Waals surface area contributed by atoms with Crippen molar-refractivity contribution in [2.24, 2.45) is 5.41 Å². The number of carbonyl (C=O) groups is 1. The van der Waals surface area contributed by atoms with Crippen molar-refractivity contribution in [2.75, 3.05) is 13.2 Å². The van der Waals surface area contributed by atoms with E-state index in [-0.39, 0.29) is 18.6 Å². The molecular formula is C9H15F2NO2. The topological polar surface area (TPSA) is 49.3 Å². The van der Waals surface area contributed by atoms with E-state index < -0.39 is 12.3 Å². The highest BCUT2D eigenvalue weighted by Gasteiger charge is 2.34. The van der Waals surface area contributed by atoms with Crippen LogP contribution in [0.15, 0.2) is 0 Å². The predicted octanol–water partition coefficient (Wildman–Crippen LogP) is 0.920. The van der Waals surface area contributed by atoms with Crippen LogP contribution < -0.4 is 5.32 Å². The Morgan fingerprint density at radius 2 is 2.00 bits per heavy atom. The lowest BCUT2D eigenvalue weighted by molar-refractivity contribution is -0.132. The summed E-state index contributed by atoms with van der Waals surface area (Å²) in [7, 11) is 0. The van der Waals surface area contributed by atoms with Gasteiger partial charge in [-0.15, -0.1) is 0 Å². The molecule has 0 aliphatic heterocycles. The van der Waals surface area contributed by atoms with Crippen molar-refractivity contribution in [3.8, 4) is 0 Å². The molecule has 1 saturated carbocycles. The molecule has 1 aliphatic rings. The molecule has 14 heavy (non-hydrogen) atoms. The summed E-state index contributed by atoms with van der Waals surface area (Å²) in [6, 6.07) is 0. The number of aliphatic hydroxyl groups is 1. The van der Waals surface area contributed by atoms with E-state index in [2.05, 4.69) is 5.32 Å². The van der Waals surface area contributed by atoms with Crippen LogP contribution in [0.2, 0.25) is 0 Å². The maximum atomic E-state index is 11.9. The van der Waals surface area contributed by atoms with Crippen molar-refractivity contribution in [1.82, 2.24) is 5.32 Å². The summed E-state index contributed by atoms with van der Waals surface area (Å²) >= 11 is 0. The molecule has 0 aromatic rings. The number of hydrogen-bond acceptors (Lipinski definition) is 2. The molecule has 0 saturated heterocycles. The first-order valence-electron chi connectivity index (χ1n) is 4.76. The van der Waals surface area contributed by atoms with Crippen LogP contribution in [-0.2, 0) is 4.79 Å². The van der Waals surface area contributed by atoms with E-state index in [1.807, 2.05) is 0 Å². The first kappa shape index (κ1) is 11.4. The van der Waals surface area contributed by atoms with Gasteiger partial charge in [0.25, 0.3) is 5.91 Å². The summed E-state index contributed by atoms with van der Waals surface area (Å²) in [5.41, 5.74) is -0.357. The Morgan fingerprint density at radius 3 is 2.43 bits per heavy atom. The molecule has 82 valence electrons. The molecule has 1 rings (SSSR count). The number of carbonyl (C=O) groups excluding carboxylic acids is 1. The standard InChI is InChI=1S/C9H15F2NO2/c10-7(11)8(14)12-5-9(6-13)3-1-2-4-9/h7,13H,1-6H2,(H,12,14). The van der Waals surface area contributed by atoms with E-state index in [1.165, 1.54) is 0 Å². The maximum absolute atomic E-state index is 11.9. The van der Waals surface area contributed by atoms with E-state index >= 15 is 0 Å². The van der Waals surface area contributed by atoms with Gasteiger partial charge in [-0.25, -0.2) is 0 Å². The zero-order valence-corrected chi connectivity index (χ0v) is 7.93. The van der Waals surface area contributed by atoms with Crippen molar-refractivity contribution >= 4 is 5.91 Å². The van der Waals surface area contributed by atoms with Gasteiger partial charge in [0.15, 0.2) is 0 Å². The minimum Gasteiger partial charge on any atom is -0.396 e. The lowest BCUT2D eigenvalue weighted by Gasteiger charge is -2.26. The molecule has 3 nitrogen and oxygen atoms in total. The molecule has 0 unspecified atom stereocenters. The molecule has 0 spiro atoms. The molecule has 0 aromatic carbocycles. The molecular weight excluding hydrogens is 192 g/mol. The zero-order chi connectivity index (χ0) is 10.6. The lowest BCUT2D eigenvalue weighted by Crippen LogP contribution is -2.40. The van der Waals surface area contributed by atoms with Crippen molar-refractivity contribution < 1.29 is 18.7 Å². The van der Waals surface area contributed by atoms with Gasteiger partial charge < -0.3 is 10.4 Å². The number of alkyl halides is 2. The van der Waals surface area contributed by atoms with Crippen LogP contribution in [0.1, 0.15) is 25.7 Å². The van der Waals surface area contributed by atoms with Gasteiger partial charge in [0.05, 0.1) is 6.61 Å². The summed E-state index contributed by atoms with van der Waals surface area (Å²) in [4.78, 5) is 10.6. The minimum atomic E-state index is -2.97. The molecule has 0 bridgehead atoms. The fourth-order valence-corrected chi connectivity index (χ4v) is 1.87. The van der Waals surface area contributed by atoms with E-state index in [0.29, 0.717) is 0 Å². The SMILES string of the molecule is O=C(NCC1(CO)CCCC1)C(F)F. The van der Waals surface area contributed by atoms with E-state index in [9.17, 15) is 13.6 Å². The van der Waals surface area contributed by atoms with E-state index in [0.717, 1.165) is 25.7 Å². The van der Waals surface area contributed by atoms with Gasteiger partial charge in [0.2, 0.25) is 0 Å². The van der Waals surface area contributed by atoms with Crippen LogP contribution in [-0.4, -0.2) is 30.6 Å².